The quantitative estimate of drug-likeness (QED) is 0.938. The molecule has 2 aromatic carbocycles. The first-order chi connectivity index (χ1) is 10.3. The van der Waals surface area contributed by atoms with Crippen molar-refractivity contribution < 1.29 is 14.3 Å². The maximum atomic E-state index is 12.3. The molecular formula is C17H17NO3. The Kier molecular flexibility index (Phi) is 3.77. The van der Waals surface area contributed by atoms with E-state index in [1.165, 1.54) is 0 Å². The van der Waals surface area contributed by atoms with E-state index in [1.54, 1.807) is 0 Å². The fraction of sp³-hybridized carbons (Fsp3) is 0.235. The van der Waals surface area contributed by atoms with Crippen molar-refractivity contribution in [1.29, 1.82) is 0 Å². The molecule has 1 aliphatic rings. The van der Waals surface area contributed by atoms with Gasteiger partial charge in [-0.15, -0.1) is 0 Å². The molecule has 0 saturated heterocycles. The molecule has 0 bridgehead atoms. The highest BCUT2D eigenvalue weighted by Crippen LogP contribution is 2.30. The monoisotopic (exact) mass is 283 g/mol. The van der Waals surface area contributed by atoms with Crippen LogP contribution < -0.4 is 14.8 Å². The Morgan fingerprint density at radius 2 is 2.00 bits per heavy atom. The van der Waals surface area contributed by atoms with Crippen molar-refractivity contribution in [3.8, 4) is 11.5 Å². The predicted molar refractivity (Wildman–Crippen MR) is 80.8 cm³/mol. The maximum Gasteiger partial charge on any atom is 0.265 e. The van der Waals surface area contributed by atoms with E-state index >= 15 is 0 Å². The van der Waals surface area contributed by atoms with Crippen LogP contribution in [0.25, 0.3) is 0 Å². The summed E-state index contributed by atoms with van der Waals surface area (Å²) in [7, 11) is 0. The summed E-state index contributed by atoms with van der Waals surface area (Å²) in [5.41, 5.74) is 1.74. The van der Waals surface area contributed by atoms with E-state index in [0.717, 1.165) is 11.3 Å². The van der Waals surface area contributed by atoms with Gasteiger partial charge in [0.2, 0.25) is 0 Å². The summed E-state index contributed by atoms with van der Waals surface area (Å²) in [5, 5.41) is 2.88. The van der Waals surface area contributed by atoms with E-state index < -0.39 is 6.10 Å². The molecule has 0 saturated carbocycles. The van der Waals surface area contributed by atoms with E-state index in [-0.39, 0.29) is 5.91 Å². The average molecular weight is 283 g/mol. The number of carbonyl (C=O) groups is 1. The number of carbonyl (C=O) groups excluding carboxylic acids is 1. The Morgan fingerprint density at radius 3 is 2.81 bits per heavy atom. The second-order valence-electron chi connectivity index (χ2n) is 4.84. The van der Waals surface area contributed by atoms with E-state index in [4.69, 9.17) is 9.47 Å². The molecule has 0 unspecified atom stereocenters. The molecule has 0 aliphatic carbocycles. The van der Waals surface area contributed by atoms with Crippen molar-refractivity contribution in [1.82, 2.24) is 0 Å². The molecule has 21 heavy (non-hydrogen) atoms. The summed E-state index contributed by atoms with van der Waals surface area (Å²) >= 11 is 0. The van der Waals surface area contributed by atoms with E-state index in [9.17, 15) is 4.79 Å². The smallest absolute Gasteiger partial charge is 0.265 e. The molecule has 2 aromatic rings. The van der Waals surface area contributed by atoms with Crippen LogP contribution in [0.5, 0.6) is 11.5 Å². The fourth-order valence-electron chi connectivity index (χ4n) is 2.39. The van der Waals surface area contributed by atoms with Crippen LogP contribution in [0.1, 0.15) is 12.5 Å². The summed E-state index contributed by atoms with van der Waals surface area (Å²) in [6.07, 6.45) is 0.107. The molecule has 4 nitrogen and oxygen atoms in total. The second-order valence-corrected chi connectivity index (χ2v) is 4.84. The van der Waals surface area contributed by atoms with E-state index in [0.29, 0.717) is 24.5 Å². The van der Waals surface area contributed by atoms with Gasteiger partial charge in [0.15, 0.2) is 6.10 Å². The molecule has 1 amide bonds. The van der Waals surface area contributed by atoms with Crippen molar-refractivity contribution in [3.63, 3.8) is 0 Å². The molecule has 1 N–H and O–H groups in total. The lowest BCUT2D eigenvalue weighted by molar-refractivity contribution is -0.122. The van der Waals surface area contributed by atoms with Crippen LogP contribution in [0.15, 0.2) is 48.5 Å². The Bertz CT molecular complexity index is 629. The number of fused-ring (bicyclic) bond motifs is 1. The minimum atomic E-state index is -0.489. The Morgan fingerprint density at radius 1 is 1.24 bits per heavy atom. The first-order valence-corrected chi connectivity index (χ1v) is 7.05. The number of anilines is 1. The molecule has 0 radical (unpaired) electrons. The summed E-state index contributed by atoms with van der Waals surface area (Å²) in [5.74, 6) is 1.30. The Balaban J connectivity index is 1.71. The molecule has 4 heteroatoms. The van der Waals surface area contributed by atoms with Gasteiger partial charge in [0.25, 0.3) is 5.91 Å². The summed E-state index contributed by atoms with van der Waals surface area (Å²) < 4.78 is 11.2. The van der Waals surface area contributed by atoms with Crippen molar-refractivity contribution >= 4 is 11.6 Å². The third-order valence-corrected chi connectivity index (χ3v) is 3.38. The van der Waals surface area contributed by atoms with Crippen LogP contribution in [0.2, 0.25) is 0 Å². The van der Waals surface area contributed by atoms with Crippen LogP contribution in [-0.2, 0) is 11.2 Å². The molecule has 0 aromatic heterocycles. The van der Waals surface area contributed by atoms with Crippen LogP contribution in [0, 0.1) is 0 Å². The highest BCUT2D eigenvalue weighted by Gasteiger charge is 2.29. The lowest BCUT2D eigenvalue weighted by Gasteiger charge is -2.14. The fourth-order valence-corrected chi connectivity index (χ4v) is 2.39. The van der Waals surface area contributed by atoms with Crippen LogP contribution in [0.3, 0.4) is 0 Å². The number of hydrogen-bond acceptors (Lipinski definition) is 3. The summed E-state index contributed by atoms with van der Waals surface area (Å²) in [6.45, 7) is 2.47. The Labute approximate surface area is 123 Å². The zero-order valence-electron chi connectivity index (χ0n) is 11.8. The van der Waals surface area contributed by atoms with Crippen molar-refractivity contribution in [2.45, 2.75) is 19.4 Å². The van der Waals surface area contributed by atoms with Crippen molar-refractivity contribution in [2.75, 3.05) is 11.9 Å². The van der Waals surface area contributed by atoms with Gasteiger partial charge in [0.1, 0.15) is 11.5 Å². The van der Waals surface area contributed by atoms with Gasteiger partial charge < -0.3 is 14.8 Å². The minimum Gasteiger partial charge on any atom is -0.492 e. The normalized spacial score (nSPS) is 16.0. The number of hydrogen-bond donors (Lipinski definition) is 1. The molecule has 3 rings (SSSR count). The topological polar surface area (TPSA) is 47.6 Å². The number of nitrogens with one attached hydrogen (secondary N) is 1. The number of benzene rings is 2. The van der Waals surface area contributed by atoms with Gasteiger partial charge in [-0.05, 0) is 30.7 Å². The van der Waals surface area contributed by atoms with Gasteiger partial charge in [-0.3, -0.25) is 4.79 Å². The molecular weight excluding hydrogens is 266 g/mol. The van der Waals surface area contributed by atoms with E-state index in [1.807, 2.05) is 55.5 Å². The van der Waals surface area contributed by atoms with Gasteiger partial charge in [-0.25, -0.2) is 0 Å². The van der Waals surface area contributed by atoms with Crippen LogP contribution in [-0.4, -0.2) is 18.6 Å². The van der Waals surface area contributed by atoms with Gasteiger partial charge >= 0.3 is 0 Å². The molecule has 108 valence electrons. The van der Waals surface area contributed by atoms with Crippen molar-refractivity contribution in [3.05, 3.63) is 54.1 Å². The van der Waals surface area contributed by atoms with Crippen LogP contribution in [0.4, 0.5) is 5.69 Å². The first-order valence-electron chi connectivity index (χ1n) is 7.05. The minimum absolute atomic E-state index is 0.154. The largest absolute Gasteiger partial charge is 0.492 e. The standard InChI is InChI=1S/C17H17NO3/c1-2-20-15-10-6-4-8-13(15)18-17(19)16-11-12-7-3-5-9-14(12)21-16/h3-10,16H,2,11H2,1H3,(H,18,19)/t16-/m0/s1. The zero-order valence-corrected chi connectivity index (χ0v) is 11.8. The molecule has 1 atom stereocenters. The maximum absolute atomic E-state index is 12.3. The van der Waals surface area contributed by atoms with Gasteiger partial charge in [-0.2, -0.15) is 0 Å². The zero-order chi connectivity index (χ0) is 14.7. The van der Waals surface area contributed by atoms with E-state index in [2.05, 4.69) is 5.32 Å². The van der Waals surface area contributed by atoms with Crippen LogP contribution >= 0.6 is 0 Å². The number of amides is 1. The molecule has 0 spiro atoms. The number of para-hydroxylation sites is 3. The Hall–Kier alpha value is -2.49. The van der Waals surface area contributed by atoms with Crippen molar-refractivity contribution in [2.24, 2.45) is 0 Å². The SMILES string of the molecule is CCOc1ccccc1NC(=O)[C@@H]1Cc2ccccc2O1. The predicted octanol–water partition coefficient (Wildman–Crippen LogP) is 3.03. The number of rotatable bonds is 4. The highest BCUT2D eigenvalue weighted by molar-refractivity contribution is 5.96. The van der Waals surface area contributed by atoms with Gasteiger partial charge in [0, 0.05) is 6.42 Å². The van der Waals surface area contributed by atoms with Gasteiger partial charge in [-0.1, -0.05) is 30.3 Å². The third kappa shape index (κ3) is 2.84. The second kappa shape index (κ2) is 5.87. The number of ether oxygens (including phenoxy) is 2. The lowest BCUT2D eigenvalue weighted by atomic mass is 10.1. The summed E-state index contributed by atoms with van der Waals surface area (Å²) in [4.78, 5) is 12.3. The lowest BCUT2D eigenvalue weighted by Crippen LogP contribution is -2.31. The highest BCUT2D eigenvalue weighted by atomic mass is 16.5. The average Bonchev–Trinajstić information content (AvgIpc) is 2.93. The van der Waals surface area contributed by atoms with Gasteiger partial charge in [0.05, 0.1) is 12.3 Å². The molecule has 1 heterocycles. The third-order valence-electron chi connectivity index (χ3n) is 3.38. The summed E-state index contributed by atoms with van der Waals surface area (Å²) in [6, 6.07) is 15.1. The molecule has 1 aliphatic heterocycles. The first kappa shape index (κ1) is 13.5. The molecule has 0 fully saturated rings.